The normalized spacial score (nSPS) is 30.0. The van der Waals surface area contributed by atoms with E-state index in [1.807, 2.05) is 13.2 Å². The molecule has 4 heteroatoms. The van der Waals surface area contributed by atoms with Crippen LogP contribution in [-0.4, -0.2) is 50.4 Å². The Hall–Kier alpha value is -1.10. The third kappa shape index (κ3) is 2.55. The number of rotatable bonds is 4. The molecule has 1 N–H and O–H groups in total. The van der Waals surface area contributed by atoms with Gasteiger partial charge >= 0.3 is 0 Å². The molecule has 20 heavy (non-hydrogen) atoms. The van der Waals surface area contributed by atoms with Crippen LogP contribution in [-0.2, 0) is 4.74 Å². The Kier molecular flexibility index (Phi) is 4.24. The van der Waals surface area contributed by atoms with Crippen molar-refractivity contribution < 1.29 is 9.47 Å². The summed E-state index contributed by atoms with van der Waals surface area (Å²) in [6, 6.07) is 9.12. The number of methoxy groups -OCH3 is 1. The van der Waals surface area contributed by atoms with E-state index >= 15 is 0 Å². The van der Waals surface area contributed by atoms with Gasteiger partial charge in [0.1, 0.15) is 12.4 Å². The predicted octanol–water partition coefficient (Wildman–Crippen LogP) is 1.82. The average molecular weight is 276 g/mol. The van der Waals surface area contributed by atoms with E-state index in [1.165, 1.54) is 5.56 Å². The first-order valence-corrected chi connectivity index (χ1v) is 7.55. The number of nitrogens with one attached hydrogen (secondary N) is 1. The van der Waals surface area contributed by atoms with Crippen molar-refractivity contribution in [3.63, 3.8) is 0 Å². The summed E-state index contributed by atoms with van der Waals surface area (Å²) in [5.41, 5.74) is 1.28. The van der Waals surface area contributed by atoms with Gasteiger partial charge in [-0.2, -0.15) is 0 Å². The largest absolute Gasteiger partial charge is 0.492 e. The molecule has 4 nitrogen and oxygen atoms in total. The lowest BCUT2D eigenvalue weighted by molar-refractivity contribution is 0.0723. The molecule has 1 aromatic rings. The van der Waals surface area contributed by atoms with Crippen molar-refractivity contribution >= 4 is 0 Å². The first kappa shape index (κ1) is 13.9. The average Bonchev–Trinajstić information content (AvgIpc) is 2.96. The molecule has 0 bridgehead atoms. The molecule has 0 saturated carbocycles. The molecule has 110 valence electrons. The summed E-state index contributed by atoms with van der Waals surface area (Å²) >= 11 is 0. The Morgan fingerprint density at radius 3 is 3.00 bits per heavy atom. The number of ether oxygens (including phenoxy) is 2. The van der Waals surface area contributed by atoms with Gasteiger partial charge in [-0.15, -0.1) is 0 Å². The smallest absolute Gasteiger partial charge is 0.124 e. The lowest BCUT2D eigenvalue weighted by Crippen LogP contribution is -2.49. The molecule has 1 aromatic carbocycles. The summed E-state index contributed by atoms with van der Waals surface area (Å²) < 4.78 is 11.5. The zero-order chi connectivity index (χ0) is 13.9. The molecule has 3 unspecified atom stereocenters. The van der Waals surface area contributed by atoms with Crippen LogP contribution in [0.4, 0.5) is 0 Å². The van der Waals surface area contributed by atoms with Crippen molar-refractivity contribution in [1.29, 1.82) is 0 Å². The standard InChI is InChI=1S/C16H24N2O2/c1-3-17-16-13-6-4-5-7-15(13)20-11-14(16)18-9-8-12(10-18)19-2/h4-7,12,14,16-17H,3,8-11H2,1-2H3. The summed E-state index contributed by atoms with van der Waals surface area (Å²) in [4.78, 5) is 2.51. The van der Waals surface area contributed by atoms with Crippen LogP contribution in [0.5, 0.6) is 5.75 Å². The first-order chi connectivity index (χ1) is 9.83. The van der Waals surface area contributed by atoms with Crippen LogP contribution in [0.2, 0.25) is 0 Å². The molecule has 2 aliphatic rings. The fourth-order valence-corrected chi connectivity index (χ4v) is 3.38. The second kappa shape index (κ2) is 6.12. The second-order valence-corrected chi connectivity index (χ2v) is 5.59. The van der Waals surface area contributed by atoms with Crippen LogP contribution in [0, 0.1) is 0 Å². The van der Waals surface area contributed by atoms with Crippen molar-refractivity contribution in [2.45, 2.75) is 31.5 Å². The summed E-state index contributed by atoms with van der Waals surface area (Å²) in [5, 5.41) is 3.64. The van der Waals surface area contributed by atoms with Gasteiger partial charge in [-0.1, -0.05) is 25.1 Å². The number of para-hydroxylation sites is 1. The van der Waals surface area contributed by atoms with E-state index < -0.39 is 0 Å². The zero-order valence-electron chi connectivity index (χ0n) is 12.3. The maximum atomic E-state index is 5.97. The lowest BCUT2D eigenvalue weighted by atomic mass is 9.95. The first-order valence-electron chi connectivity index (χ1n) is 7.55. The highest BCUT2D eigenvalue weighted by Crippen LogP contribution is 2.35. The quantitative estimate of drug-likeness (QED) is 0.909. The van der Waals surface area contributed by atoms with Crippen LogP contribution >= 0.6 is 0 Å². The summed E-state index contributed by atoms with van der Waals surface area (Å²) in [6.07, 6.45) is 1.49. The molecule has 0 amide bonds. The Morgan fingerprint density at radius 1 is 1.40 bits per heavy atom. The predicted molar refractivity (Wildman–Crippen MR) is 79.1 cm³/mol. The molecule has 1 fully saturated rings. The van der Waals surface area contributed by atoms with Crippen molar-refractivity contribution in [1.82, 2.24) is 10.2 Å². The molecule has 0 spiro atoms. The van der Waals surface area contributed by atoms with E-state index in [2.05, 4.69) is 35.3 Å². The Morgan fingerprint density at radius 2 is 2.25 bits per heavy atom. The lowest BCUT2D eigenvalue weighted by Gasteiger charge is -2.39. The van der Waals surface area contributed by atoms with Gasteiger partial charge in [-0.05, 0) is 19.0 Å². The van der Waals surface area contributed by atoms with Gasteiger partial charge in [0.15, 0.2) is 0 Å². The van der Waals surface area contributed by atoms with Crippen molar-refractivity contribution in [3.05, 3.63) is 29.8 Å². The third-order valence-corrected chi connectivity index (χ3v) is 4.45. The number of hydrogen-bond acceptors (Lipinski definition) is 4. The van der Waals surface area contributed by atoms with Gasteiger partial charge in [0.2, 0.25) is 0 Å². The monoisotopic (exact) mass is 276 g/mol. The second-order valence-electron chi connectivity index (χ2n) is 5.59. The van der Waals surface area contributed by atoms with Gasteiger partial charge < -0.3 is 14.8 Å². The maximum Gasteiger partial charge on any atom is 0.124 e. The molecule has 2 heterocycles. The summed E-state index contributed by atoms with van der Waals surface area (Å²) in [6.45, 7) is 5.99. The minimum absolute atomic E-state index is 0.348. The zero-order valence-corrected chi connectivity index (χ0v) is 12.3. The fourth-order valence-electron chi connectivity index (χ4n) is 3.38. The van der Waals surface area contributed by atoms with Gasteiger partial charge in [-0.3, -0.25) is 4.90 Å². The summed E-state index contributed by atoms with van der Waals surface area (Å²) in [5.74, 6) is 1.03. The molecule has 0 aromatic heterocycles. The SMILES string of the molecule is CCNC1c2ccccc2OCC1N1CCC(OC)C1. The Balaban J connectivity index is 1.81. The maximum absolute atomic E-state index is 5.97. The van der Waals surface area contributed by atoms with Gasteiger partial charge in [0.25, 0.3) is 0 Å². The van der Waals surface area contributed by atoms with Crippen molar-refractivity contribution in [2.24, 2.45) is 0 Å². The Labute approximate surface area is 121 Å². The van der Waals surface area contributed by atoms with E-state index in [4.69, 9.17) is 9.47 Å². The van der Waals surface area contributed by atoms with Crippen LogP contribution in [0.25, 0.3) is 0 Å². The highest BCUT2D eigenvalue weighted by molar-refractivity contribution is 5.38. The number of likely N-dealkylation sites (tertiary alicyclic amines) is 1. The van der Waals surface area contributed by atoms with E-state index in [0.717, 1.165) is 38.4 Å². The third-order valence-electron chi connectivity index (χ3n) is 4.45. The molecule has 3 rings (SSSR count). The van der Waals surface area contributed by atoms with Gasteiger partial charge in [-0.25, -0.2) is 0 Å². The minimum atomic E-state index is 0.348. The highest BCUT2D eigenvalue weighted by atomic mass is 16.5. The van der Waals surface area contributed by atoms with Crippen LogP contribution < -0.4 is 10.1 Å². The number of benzene rings is 1. The van der Waals surface area contributed by atoms with Crippen molar-refractivity contribution in [3.8, 4) is 5.75 Å². The minimum Gasteiger partial charge on any atom is -0.492 e. The molecule has 0 radical (unpaired) electrons. The number of likely N-dealkylation sites (N-methyl/N-ethyl adjacent to an activating group) is 1. The van der Waals surface area contributed by atoms with Gasteiger partial charge in [0, 0.05) is 25.8 Å². The van der Waals surface area contributed by atoms with Crippen LogP contribution in [0.1, 0.15) is 24.9 Å². The molecule has 1 saturated heterocycles. The summed E-state index contributed by atoms with van der Waals surface area (Å²) in [7, 11) is 1.81. The van der Waals surface area contributed by atoms with E-state index in [9.17, 15) is 0 Å². The molecular formula is C16H24N2O2. The van der Waals surface area contributed by atoms with Crippen LogP contribution in [0.15, 0.2) is 24.3 Å². The highest BCUT2D eigenvalue weighted by Gasteiger charge is 2.37. The van der Waals surface area contributed by atoms with E-state index in [-0.39, 0.29) is 0 Å². The van der Waals surface area contributed by atoms with Crippen LogP contribution in [0.3, 0.4) is 0 Å². The number of hydrogen-bond donors (Lipinski definition) is 1. The van der Waals surface area contributed by atoms with Gasteiger partial charge in [0.05, 0.1) is 18.2 Å². The molecule has 2 aliphatic heterocycles. The molecule has 0 aliphatic carbocycles. The Bertz CT molecular complexity index is 452. The van der Waals surface area contributed by atoms with Crippen molar-refractivity contribution in [2.75, 3.05) is 33.4 Å². The number of fused-ring (bicyclic) bond motifs is 1. The topological polar surface area (TPSA) is 33.7 Å². The molecule has 3 atom stereocenters. The molecular weight excluding hydrogens is 252 g/mol. The fraction of sp³-hybridized carbons (Fsp3) is 0.625. The number of nitrogens with zero attached hydrogens (tertiary/aromatic N) is 1. The van der Waals surface area contributed by atoms with E-state index in [1.54, 1.807) is 0 Å². The van der Waals surface area contributed by atoms with E-state index in [0.29, 0.717) is 18.2 Å².